The Morgan fingerprint density at radius 3 is 2.94 bits per heavy atom. The molecular weight excluding hydrogens is 204 g/mol. The van der Waals surface area contributed by atoms with Crippen molar-refractivity contribution in [1.82, 2.24) is 19.3 Å². The number of nitrogens with zero attached hydrogens (tertiary/aromatic N) is 4. The van der Waals surface area contributed by atoms with Gasteiger partial charge in [0.25, 0.3) is 0 Å². The van der Waals surface area contributed by atoms with Crippen molar-refractivity contribution in [2.24, 2.45) is 7.05 Å². The lowest BCUT2D eigenvalue weighted by molar-refractivity contribution is 0.0784. The van der Waals surface area contributed by atoms with Gasteiger partial charge in [0.2, 0.25) is 0 Å². The van der Waals surface area contributed by atoms with Crippen LogP contribution in [0.1, 0.15) is 13.3 Å². The number of ether oxygens (including phenoxy) is 1. The van der Waals surface area contributed by atoms with Crippen molar-refractivity contribution in [1.29, 1.82) is 0 Å². The highest BCUT2D eigenvalue weighted by Crippen LogP contribution is 2.17. The largest absolute Gasteiger partial charge is 0.361 e. The van der Waals surface area contributed by atoms with Gasteiger partial charge in [-0.1, -0.05) is 6.92 Å². The van der Waals surface area contributed by atoms with Crippen molar-refractivity contribution in [3.05, 3.63) is 24.9 Å². The summed E-state index contributed by atoms with van der Waals surface area (Å²) in [5, 5.41) is 4.14. The smallest absolute Gasteiger partial charge is 0.124 e. The third-order valence-corrected chi connectivity index (χ3v) is 2.29. The molecule has 0 bridgehead atoms. The van der Waals surface area contributed by atoms with Gasteiger partial charge >= 0.3 is 0 Å². The van der Waals surface area contributed by atoms with Gasteiger partial charge in [0.15, 0.2) is 0 Å². The molecule has 0 radical (unpaired) electrons. The van der Waals surface area contributed by atoms with Crippen molar-refractivity contribution in [2.75, 3.05) is 6.61 Å². The van der Waals surface area contributed by atoms with Crippen LogP contribution in [-0.4, -0.2) is 25.9 Å². The molecule has 0 aromatic carbocycles. The normalized spacial score (nSPS) is 10.9. The van der Waals surface area contributed by atoms with E-state index >= 15 is 0 Å². The molecule has 0 aliphatic heterocycles. The number of aryl methyl sites for hydroxylation is 1. The number of hydrogen-bond acceptors (Lipinski definition) is 3. The minimum absolute atomic E-state index is 0.540. The maximum Gasteiger partial charge on any atom is 0.124 e. The minimum atomic E-state index is 0.540. The molecule has 0 unspecified atom stereocenters. The van der Waals surface area contributed by atoms with Gasteiger partial charge < -0.3 is 9.30 Å². The van der Waals surface area contributed by atoms with E-state index in [1.165, 1.54) is 0 Å². The Morgan fingerprint density at radius 2 is 2.25 bits per heavy atom. The lowest BCUT2D eigenvalue weighted by atomic mass is 10.3. The summed E-state index contributed by atoms with van der Waals surface area (Å²) < 4.78 is 9.25. The van der Waals surface area contributed by atoms with Crippen LogP contribution in [0.25, 0.3) is 11.3 Å². The van der Waals surface area contributed by atoms with Crippen LogP contribution in [0.2, 0.25) is 0 Å². The number of imidazole rings is 1. The summed E-state index contributed by atoms with van der Waals surface area (Å²) in [6.45, 7) is 3.40. The maximum absolute atomic E-state index is 5.49. The molecule has 5 heteroatoms. The third-order valence-electron chi connectivity index (χ3n) is 2.29. The van der Waals surface area contributed by atoms with Gasteiger partial charge in [-0.15, -0.1) is 0 Å². The fourth-order valence-corrected chi connectivity index (χ4v) is 1.52. The highest BCUT2D eigenvalue weighted by atomic mass is 16.5. The molecule has 2 aromatic heterocycles. The number of aromatic nitrogens is 4. The summed E-state index contributed by atoms with van der Waals surface area (Å²) in [6, 6.07) is 0. The van der Waals surface area contributed by atoms with Gasteiger partial charge in [0, 0.05) is 25.4 Å². The van der Waals surface area contributed by atoms with Crippen LogP contribution in [0.15, 0.2) is 24.9 Å². The van der Waals surface area contributed by atoms with Crippen molar-refractivity contribution in [2.45, 2.75) is 20.1 Å². The highest BCUT2D eigenvalue weighted by Gasteiger charge is 2.06. The lowest BCUT2D eigenvalue weighted by Crippen LogP contribution is -2.03. The summed E-state index contributed by atoms with van der Waals surface area (Å²) in [6.07, 6.45) is 8.42. The Labute approximate surface area is 94.7 Å². The Kier molecular flexibility index (Phi) is 3.36. The fourth-order valence-electron chi connectivity index (χ4n) is 1.52. The molecule has 2 rings (SSSR count). The standard InChI is InChI=1S/C11H16N4O/c1-3-4-16-9-15-8-12-6-11(15)10-5-13-14(2)7-10/h5-8H,3-4,9H2,1-2H3. The van der Waals surface area contributed by atoms with Crippen LogP contribution in [0.4, 0.5) is 0 Å². The Balaban J connectivity index is 2.12. The molecule has 16 heavy (non-hydrogen) atoms. The Morgan fingerprint density at radius 1 is 1.38 bits per heavy atom. The summed E-state index contributed by atoms with van der Waals surface area (Å²) in [5.74, 6) is 0. The predicted molar refractivity (Wildman–Crippen MR) is 60.7 cm³/mol. The van der Waals surface area contributed by atoms with E-state index in [2.05, 4.69) is 17.0 Å². The van der Waals surface area contributed by atoms with E-state index in [0.717, 1.165) is 24.3 Å². The number of rotatable bonds is 5. The first-order valence-corrected chi connectivity index (χ1v) is 5.38. The van der Waals surface area contributed by atoms with Gasteiger partial charge in [-0.05, 0) is 6.42 Å². The van der Waals surface area contributed by atoms with Gasteiger partial charge in [-0.3, -0.25) is 4.68 Å². The average molecular weight is 220 g/mol. The maximum atomic E-state index is 5.49. The van der Waals surface area contributed by atoms with Gasteiger partial charge in [-0.2, -0.15) is 5.10 Å². The van der Waals surface area contributed by atoms with E-state index in [9.17, 15) is 0 Å². The summed E-state index contributed by atoms with van der Waals surface area (Å²) in [7, 11) is 1.90. The van der Waals surface area contributed by atoms with E-state index < -0.39 is 0 Å². The molecule has 0 aliphatic rings. The van der Waals surface area contributed by atoms with Crippen LogP contribution >= 0.6 is 0 Å². The zero-order chi connectivity index (χ0) is 11.4. The van der Waals surface area contributed by atoms with Crippen molar-refractivity contribution >= 4 is 0 Å². The molecule has 86 valence electrons. The first-order valence-electron chi connectivity index (χ1n) is 5.38. The monoisotopic (exact) mass is 220 g/mol. The molecule has 2 aromatic rings. The van der Waals surface area contributed by atoms with E-state index in [4.69, 9.17) is 4.74 Å². The van der Waals surface area contributed by atoms with Crippen molar-refractivity contribution in [3.63, 3.8) is 0 Å². The molecule has 0 fully saturated rings. The molecule has 0 saturated heterocycles. The predicted octanol–water partition coefficient (Wildman–Crippen LogP) is 1.67. The van der Waals surface area contributed by atoms with Gasteiger partial charge in [-0.25, -0.2) is 4.98 Å². The molecular formula is C11H16N4O. The van der Waals surface area contributed by atoms with Crippen LogP contribution in [0, 0.1) is 0 Å². The molecule has 2 heterocycles. The first-order chi connectivity index (χ1) is 7.81. The van der Waals surface area contributed by atoms with E-state index in [1.807, 2.05) is 30.2 Å². The number of hydrogen-bond donors (Lipinski definition) is 0. The first kappa shape index (κ1) is 10.9. The summed E-state index contributed by atoms with van der Waals surface area (Å²) >= 11 is 0. The molecule has 5 nitrogen and oxygen atoms in total. The van der Waals surface area contributed by atoms with E-state index in [-0.39, 0.29) is 0 Å². The minimum Gasteiger partial charge on any atom is -0.361 e. The molecule has 0 spiro atoms. The van der Waals surface area contributed by atoms with Crippen LogP contribution in [0.3, 0.4) is 0 Å². The van der Waals surface area contributed by atoms with Crippen LogP contribution in [-0.2, 0) is 18.5 Å². The quantitative estimate of drug-likeness (QED) is 0.720. The molecule has 0 atom stereocenters. The zero-order valence-corrected chi connectivity index (χ0v) is 9.63. The topological polar surface area (TPSA) is 44.9 Å². The SMILES string of the molecule is CCCOCn1cncc1-c1cnn(C)c1. The van der Waals surface area contributed by atoms with Crippen molar-refractivity contribution < 1.29 is 4.74 Å². The van der Waals surface area contributed by atoms with Crippen LogP contribution < -0.4 is 0 Å². The van der Waals surface area contributed by atoms with E-state index in [0.29, 0.717) is 6.73 Å². The Hall–Kier alpha value is -1.62. The van der Waals surface area contributed by atoms with Crippen molar-refractivity contribution in [3.8, 4) is 11.3 Å². The zero-order valence-electron chi connectivity index (χ0n) is 9.63. The van der Waals surface area contributed by atoms with Gasteiger partial charge in [0.05, 0.1) is 24.4 Å². The molecule has 0 amide bonds. The molecule has 0 N–H and O–H groups in total. The molecule has 0 saturated carbocycles. The second-order valence-electron chi connectivity index (χ2n) is 3.69. The average Bonchev–Trinajstić information content (AvgIpc) is 2.87. The molecule has 0 aliphatic carbocycles. The lowest BCUT2D eigenvalue weighted by Gasteiger charge is -2.06. The Bertz CT molecular complexity index is 446. The summed E-state index contributed by atoms with van der Waals surface area (Å²) in [4.78, 5) is 4.13. The van der Waals surface area contributed by atoms with Crippen LogP contribution in [0.5, 0.6) is 0 Å². The third kappa shape index (κ3) is 2.30. The highest BCUT2D eigenvalue weighted by molar-refractivity contribution is 5.56. The van der Waals surface area contributed by atoms with Gasteiger partial charge in [0.1, 0.15) is 6.73 Å². The fraction of sp³-hybridized carbons (Fsp3) is 0.455. The van der Waals surface area contributed by atoms with E-state index in [1.54, 1.807) is 11.0 Å². The summed E-state index contributed by atoms with van der Waals surface area (Å²) in [5.41, 5.74) is 2.09. The second kappa shape index (κ2) is 4.94. The second-order valence-corrected chi connectivity index (χ2v) is 3.69.